The van der Waals surface area contributed by atoms with Crippen molar-refractivity contribution in [2.75, 3.05) is 20.1 Å². The van der Waals surface area contributed by atoms with Crippen molar-refractivity contribution < 1.29 is 14.7 Å². The molecule has 1 aromatic heterocycles. The van der Waals surface area contributed by atoms with E-state index in [4.69, 9.17) is 5.11 Å². The summed E-state index contributed by atoms with van der Waals surface area (Å²) in [6, 6.07) is 2.07. The highest BCUT2D eigenvalue weighted by molar-refractivity contribution is 6.04. The van der Waals surface area contributed by atoms with Crippen molar-refractivity contribution in [2.24, 2.45) is 0 Å². The Bertz CT molecular complexity index is 486. The van der Waals surface area contributed by atoms with Crippen molar-refractivity contribution in [3.8, 4) is 0 Å². The Balaban J connectivity index is 1.90. The van der Waals surface area contributed by atoms with Gasteiger partial charge in [0.25, 0.3) is 5.91 Å². The molecule has 1 fully saturated rings. The Morgan fingerprint density at radius 3 is 2.84 bits per heavy atom. The molecule has 1 aliphatic carbocycles. The third kappa shape index (κ3) is 3.51. The Kier molecular flexibility index (Phi) is 4.11. The van der Waals surface area contributed by atoms with Gasteiger partial charge in [-0.15, -0.1) is 0 Å². The van der Waals surface area contributed by atoms with Crippen LogP contribution in [0.15, 0.2) is 18.5 Å². The van der Waals surface area contributed by atoms with Crippen LogP contribution in [0, 0.1) is 0 Å². The topological polar surface area (TPSA) is 82.5 Å². The normalized spacial score (nSPS) is 14.4. The van der Waals surface area contributed by atoms with E-state index in [0.29, 0.717) is 12.6 Å². The molecule has 102 valence electrons. The number of carbonyl (C=O) groups excluding carboxylic acids is 1. The smallest absolute Gasteiger partial charge is 0.338 e. The fourth-order valence-electron chi connectivity index (χ4n) is 1.90. The number of nitrogens with zero attached hydrogens (tertiary/aromatic N) is 2. The third-order valence-electron chi connectivity index (χ3n) is 3.22. The van der Waals surface area contributed by atoms with Gasteiger partial charge in [0.1, 0.15) is 0 Å². The van der Waals surface area contributed by atoms with Crippen molar-refractivity contribution in [1.82, 2.24) is 15.2 Å². The fourth-order valence-corrected chi connectivity index (χ4v) is 1.90. The molecule has 0 unspecified atom stereocenters. The Morgan fingerprint density at radius 2 is 2.21 bits per heavy atom. The zero-order valence-electron chi connectivity index (χ0n) is 10.8. The molecular weight excluding hydrogens is 246 g/mol. The van der Waals surface area contributed by atoms with E-state index in [1.807, 2.05) is 7.05 Å². The van der Waals surface area contributed by atoms with E-state index in [0.717, 1.165) is 6.54 Å². The summed E-state index contributed by atoms with van der Waals surface area (Å²) in [6.07, 6.45) is 5.04. The monoisotopic (exact) mass is 263 g/mol. The second-order valence-electron chi connectivity index (χ2n) is 4.69. The summed E-state index contributed by atoms with van der Waals surface area (Å²) in [5.74, 6) is -1.52. The van der Waals surface area contributed by atoms with Crippen molar-refractivity contribution in [1.29, 1.82) is 0 Å². The molecule has 0 atom stereocenters. The number of carboxylic acid groups (broad SMARTS) is 1. The highest BCUT2D eigenvalue weighted by Gasteiger charge is 2.25. The molecule has 0 bridgehead atoms. The van der Waals surface area contributed by atoms with Gasteiger partial charge in [0.15, 0.2) is 0 Å². The van der Waals surface area contributed by atoms with E-state index in [-0.39, 0.29) is 17.0 Å². The lowest BCUT2D eigenvalue weighted by Crippen LogP contribution is -2.34. The zero-order valence-corrected chi connectivity index (χ0v) is 10.8. The van der Waals surface area contributed by atoms with Gasteiger partial charge in [-0.05, 0) is 26.0 Å². The molecule has 0 aromatic carbocycles. The van der Waals surface area contributed by atoms with Gasteiger partial charge in [0, 0.05) is 31.5 Å². The maximum absolute atomic E-state index is 11.9. The summed E-state index contributed by atoms with van der Waals surface area (Å²) in [5.41, 5.74) is 0.0760. The molecule has 6 heteroatoms. The maximum Gasteiger partial charge on any atom is 0.338 e. The lowest BCUT2D eigenvalue weighted by atomic mass is 10.1. The summed E-state index contributed by atoms with van der Waals surface area (Å²) in [5, 5.41) is 11.7. The minimum absolute atomic E-state index is 0.0736. The van der Waals surface area contributed by atoms with Crippen LogP contribution in [0.25, 0.3) is 0 Å². The van der Waals surface area contributed by atoms with Crippen LogP contribution in [-0.4, -0.2) is 53.0 Å². The minimum atomic E-state index is -1.15. The van der Waals surface area contributed by atoms with E-state index >= 15 is 0 Å². The molecule has 2 rings (SSSR count). The summed E-state index contributed by atoms with van der Waals surface area (Å²) in [7, 11) is 2.03. The molecule has 0 radical (unpaired) electrons. The van der Waals surface area contributed by atoms with Crippen LogP contribution in [0.2, 0.25) is 0 Å². The predicted octanol–water partition coefficient (Wildman–Crippen LogP) is 0.604. The molecule has 6 nitrogen and oxygen atoms in total. The molecule has 1 saturated carbocycles. The first-order valence-electron chi connectivity index (χ1n) is 6.25. The van der Waals surface area contributed by atoms with E-state index in [9.17, 15) is 9.59 Å². The van der Waals surface area contributed by atoms with Crippen molar-refractivity contribution >= 4 is 11.9 Å². The van der Waals surface area contributed by atoms with Gasteiger partial charge in [0.05, 0.1) is 11.1 Å². The summed E-state index contributed by atoms with van der Waals surface area (Å²) in [6.45, 7) is 1.27. The summed E-state index contributed by atoms with van der Waals surface area (Å²) >= 11 is 0. The molecule has 0 aliphatic heterocycles. The zero-order chi connectivity index (χ0) is 13.8. The van der Waals surface area contributed by atoms with Crippen LogP contribution in [0.4, 0.5) is 0 Å². The number of nitrogens with one attached hydrogen (secondary N) is 1. The van der Waals surface area contributed by atoms with Crippen LogP contribution < -0.4 is 5.32 Å². The number of carbonyl (C=O) groups is 2. The Morgan fingerprint density at radius 1 is 1.47 bits per heavy atom. The van der Waals surface area contributed by atoms with E-state index in [1.165, 1.54) is 31.3 Å². The molecule has 0 spiro atoms. The third-order valence-corrected chi connectivity index (χ3v) is 3.22. The summed E-state index contributed by atoms with van der Waals surface area (Å²) in [4.78, 5) is 28.8. The Labute approximate surface area is 111 Å². The molecule has 1 amide bonds. The lowest BCUT2D eigenvalue weighted by Gasteiger charge is -2.15. The fraction of sp³-hybridized carbons (Fsp3) is 0.462. The number of carboxylic acids is 1. The maximum atomic E-state index is 11.9. The van der Waals surface area contributed by atoms with Crippen LogP contribution in [-0.2, 0) is 0 Å². The molecule has 1 heterocycles. The average Bonchev–Trinajstić information content (AvgIpc) is 3.22. The first kappa shape index (κ1) is 13.5. The molecule has 0 saturated heterocycles. The number of hydrogen-bond acceptors (Lipinski definition) is 4. The van der Waals surface area contributed by atoms with Gasteiger partial charge in [-0.2, -0.15) is 0 Å². The SMILES string of the molecule is CN(CCNC(=O)c1ccncc1C(=O)O)C1CC1. The molecule has 1 aromatic rings. The standard InChI is InChI=1S/C13H17N3O3/c1-16(9-2-3-9)7-6-15-12(17)10-4-5-14-8-11(10)13(18)19/h4-5,8-9H,2-3,6-7H2,1H3,(H,15,17)(H,18,19). The van der Waals surface area contributed by atoms with Gasteiger partial charge >= 0.3 is 5.97 Å². The Hall–Kier alpha value is -1.95. The van der Waals surface area contributed by atoms with E-state index < -0.39 is 5.97 Å². The van der Waals surface area contributed by atoms with Crippen molar-refractivity contribution in [3.63, 3.8) is 0 Å². The van der Waals surface area contributed by atoms with Crippen LogP contribution in [0.3, 0.4) is 0 Å². The van der Waals surface area contributed by atoms with Crippen LogP contribution in [0.1, 0.15) is 33.6 Å². The number of pyridine rings is 1. The second-order valence-corrected chi connectivity index (χ2v) is 4.69. The average molecular weight is 263 g/mol. The number of rotatable bonds is 6. The number of amides is 1. The second kappa shape index (κ2) is 5.79. The first-order valence-corrected chi connectivity index (χ1v) is 6.25. The van der Waals surface area contributed by atoms with Crippen molar-refractivity contribution in [3.05, 3.63) is 29.6 Å². The highest BCUT2D eigenvalue weighted by Crippen LogP contribution is 2.24. The highest BCUT2D eigenvalue weighted by atomic mass is 16.4. The van der Waals surface area contributed by atoms with Gasteiger partial charge in [0.2, 0.25) is 0 Å². The minimum Gasteiger partial charge on any atom is -0.478 e. The molecular formula is C13H17N3O3. The van der Waals surface area contributed by atoms with Gasteiger partial charge in [-0.3, -0.25) is 9.78 Å². The molecule has 1 aliphatic rings. The summed E-state index contributed by atoms with van der Waals surface area (Å²) < 4.78 is 0. The predicted molar refractivity (Wildman–Crippen MR) is 69.2 cm³/mol. The van der Waals surface area contributed by atoms with Crippen LogP contribution >= 0.6 is 0 Å². The van der Waals surface area contributed by atoms with E-state index in [1.54, 1.807) is 0 Å². The van der Waals surface area contributed by atoms with Gasteiger partial charge in [-0.25, -0.2) is 4.79 Å². The lowest BCUT2D eigenvalue weighted by molar-refractivity contribution is 0.0690. The molecule has 19 heavy (non-hydrogen) atoms. The number of likely N-dealkylation sites (N-methyl/N-ethyl adjacent to an activating group) is 1. The largest absolute Gasteiger partial charge is 0.478 e. The first-order chi connectivity index (χ1) is 9.09. The number of aromatic nitrogens is 1. The molecule has 2 N–H and O–H groups in total. The van der Waals surface area contributed by atoms with Gasteiger partial charge < -0.3 is 15.3 Å². The van der Waals surface area contributed by atoms with Crippen LogP contribution in [0.5, 0.6) is 0 Å². The van der Waals surface area contributed by atoms with E-state index in [2.05, 4.69) is 15.2 Å². The van der Waals surface area contributed by atoms with Crippen molar-refractivity contribution in [2.45, 2.75) is 18.9 Å². The van der Waals surface area contributed by atoms with Gasteiger partial charge in [-0.1, -0.05) is 0 Å². The number of aromatic carboxylic acids is 1. The number of hydrogen-bond donors (Lipinski definition) is 2. The quantitative estimate of drug-likeness (QED) is 0.785.